The van der Waals surface area contributed by atoms with Crippen molar-refractivity contribution in [1.82, 2.24) is 10.2 Å². The van der Waals surface area contributed by atoms with Crippen molar-refractivity contribution < 1.29 is 14.2 Å². The van der Waals surface area contributed by atoms with Crippen molar-refractivity contribution in [2.75, 3.05) is 78.2 Å². The third-order valence-electron chi connectivity index (χ3n) is 5.34. The minimum atomic E-state index is 0. The number of halogens is 1. The van der Waals surface area contributed by atoms with Crippen molar-refractivity contribution in [1.29, 1.82) is 0 Å². The highest BCUT2D eigenvalue weighted by Crippen LogP contribution is 2.28. The number of nitrogens with one attached hydrogen (secondary N) is 1. The molecule has 2 saturated heterocycles. The van der Waals surface area contributed by atoms with Gasteiger partial charge in [-0.25, -0.2) is 0 Å². The molecule has 2 aliphatic rings. The van der Waals surface area contributed by atoms with E-state index in [1.807, 2.05) is 19.2 Å². The van der Waals surface area contributed by atoms with Crippen LogP contribution < -0.4 is 15.0 Å². The number of hydrogen-bond donors (Lipinski definition) is 1. The van der Waals surface area contributed by atoms with E-state index < -0.39 is 0 Å². The van der Waals surface area contributed by atoms with Gasteiger partial charge in [-0.2, -0.15) is 0 Å². The highest BCUT2D eigenvalue weighted by atomic mass is 127. The van der Waals surface area contributed by atoms with Gasteiger partial charge in [-0.15, -0.1) is 24.0 Å². The van der Waals surface area contributed by atoms with Crippen LogP contribution in [-0.2, 0) is 9.47 Å². The largest absolute Gasteiger partial charge is 0.495 e. The highest BCUT2D eigenvalue weighted by Gasteiger charge is 2.21. The van der Waals surface area contributed by atoms with Crippen LogP contribution in [0.1, 0.15) is 12.8 Å². The normalized spacial score (nSPS) is 19.8. The van der Waals surface area contributed by atoms with Crippen LogP contribution >= 0.6 is 24.0 Å². The van der Waals surface area contributed by atoms with Gasteiger partial charge in [-0.1, -0.05) is 12.1 Å². The summed E-state index contributed by atoms with van der Waals surface area (Å²) in [4.78, 5) is 9.16. The number of hydrogen-bond acceptors (Lipinski definition) is 5. The Morgan fingerprint density at radius 1 is 1.24 bits per heavy atom. The highest BCUT2D eigenvalue weighted by molar-refractivity contribution is 14.0. The fraction of sp³-hybridized carbons (Fsp3) is 0.667. The Kier molecular flexibility index (Phi) is 10.9. The zero-order valence-electron chi connectivity index (χ0n) is 17.6. The smallest absolute Gasteiger partial charge is 0.193 e. The van der Waals surface area contributed by atoms with E-state index in [9.17, 15) is 0 Å². The Morgan fingerprint density at radius 3 is 2.72 bits per heavy atom. The summed E-state index contributed by atoms with van der Waals surface area (Å²) in [5.74, 6) is 2.49. The van der Waals surface area contributed by atoms with E-state index in [1.54, 1.807) is 7.11 Å². The summed E-state index contributed by atoms with van der Waals surface area (Å²) >= 11 is 0. The Morgan fingerprint density at radius 2 is 2.03 bits per heavy atom. The SMILES string of the molecule is CN=C(NCCCOCC1CCOC1)N1CCN(c2ccccc2OC)CC1.I. The number of rotatable bonds is 8. The number of benzene rings is 1. The van der Waals surface area contributed by atoms with Gasteiger partial charge in [0.1, 0.15) is 5.75 Å². The number of nitrogens with zero attached hydrogens (tertiary/aromatic N) is 3. The number of anilines is 1. The van der Waals surface area contributed by atoms with Gasteiger partial charge in [0.15, 0.2) is 5.96 Å². The molecule has 164 valence electrons. The molecule has 1 aromatic carbocycles. The molecular formula is C21H35IN4O3. The lowest BCUT2D eigenvalue weighted by Gasteiger charge is -2.38. The van der Waals surface area contributed by atoms with Gasteiger partial charge in [-0.3, -0.25) is 4.99 Å². The Labute approximate surface area is 191 Å². The maximum Gasteiger partial charge on any atom is 0.193 e. The summed E-state index contributed by atoms with van der Waals surface area (Å²) in [6.07, 6.45) is 2.11. The molecule has 0 amide bonds. The first-order valence-electron chi connectivity index (χ1n) is 10.3. The number of ether oxygens (including phenoxy) is 3. The van der Waals surface area contributed by atoms with Crippen LogP contribution in [0.2, 0.25) is 0 Å². The van der Waals surface area contributed by atoms with Gasteiger partial charge in [0.25, 0.3) is 0 Å². The number of piperazine rings is 1. The Balaban J connectivity index is 0.00000300. The molecule has 7 nitrogen and oxygen atoms in total. The van der Waals surface area contributed by atoms with Gasteiger partial charge in [0, 0.05) is 58.9 Å². The van der Waals surface area contributed by atoms with E-state index in [0.29, 0.717) is 5.92 Å². The van der Waals surface area contributed by atoms with Crippen molar-refractivity contribution in [2.24, 2.45) is 10.9 Å². The van der Waals surface area contributed by atoms with Crippen LogP contribution in [-0.4, -0.2) is 84.2 Å². The summed E-state index contributed by atoms with van der Waals surface area (Å²) in [6, 6.07) is 8.21. The van der Waals surface area contributed by atoms with Gasteiger partial charge >= 0.3 is 0 Å². The lowest BCUT2D eigenvalue weighted by atomic mass is 10.1. The third-order valence-corrected chi connectivity index (χ3v) is 5.34. The first-order chi connectivity index (χ1) is 13.8. The summed E-state index contributed by atoms with van der Waals surface area (Å²) in [5, 5.41) is 3.47. The Bertz CT molecular complexity index is 618. The van der Waals surface area contributed by atoms with E-state index in [4.69, 9.17) is 14.2 Å². The maximum atomic E-state index is 5.77. The van der Waals surface area contributed by atoms with Crippen LogP contribution in [0.4, 0.5) is 5.69 Å². The molecular weight excluding hydrogens is 483 g/mol. The first kappa shape index (κ1) is 24.0. The summed E-state index contributed by atoms with van der Waals surface area (Å²) in [6.45, 7) is 8.00. The van der Waals surface area contributed by atoms with E-state index >= 15 is 0 Å². The van der Waals surface area contributed by atoms with E-state index in [1.165, 1.54) is 0 Å². The second-order valence-corrected chi connectivity index (χ2v) is 7.28. The van der Waals surface area contributed by atoms with Crippen molar-refractivity contribution in [2.45, 2.75) is 12.8 Å². The summed E-state index contributed by atoms with van der Waals surface area (Å²) in [7, 11) is 3.58. The monoisotopic (exact) mass is 518 g/mol. The molecule has 8 heteroatoms. The average molecular weight is 518 g/mol. The molecule has 1 aromatic rings. The van der Waals surface area contributed by atoms with Crippen molar-refractivity contribution >= 4 is 35.6 Å². The average Bonchev–Trinajstić information content (AvgIpc) is 3.27. The molecule has 1 unspecified atom stereocenters. The minimum absolute atomic E-state index is 0. The maximum absolute atomic E-state index is 5.77. The van der Waals surface area contributed by atoms with E-state index in [0.717, 1.165) is 89.4 Å². The Hall–Kier alpha value is -1.26. The molecule has 29 heavy (non-hydrogen) atoms. The zero-order chi connectivity index (χ0) is 19.6. The number of aliphatic imine (C=N–C) groups is 1. The van der Waals surface area contributed by atoms with Gasteiger partial charge in [0.2, 0.25) is 0 Å². The van der Waals surface area contributed by atoms with Gasteiger partial charge in [-0.05, 0) is 25.0 Å². The molecule has 1 atom stereocenters. The molecule has 0 spiro atoms. The molecule has 0 radical (unpaired) electrons. The molecule has 2 aliphatic heterocycles. The lowest BCUT2D eigenvalue weighted by Crippen LogP contribution is -2.52. The zero-order valence-corrected chi connectivity index (χ0v) is 20.0. The number of methoxy groups -OCH3 is 1. The fourth-order valence-electron chi connectivity index (χ4n) is 3.72. The second-order valence-electron chi connectivity index (χ2n) is 7.28. The van der Waals surface area contributed by atoms with Crippen LogP contribution in [0.5, 0.6) is 5.75 Å². The minimum Gasteiger partial charge on any atom is -0.495 e. The fourth-order valence-corrected chi connectivity index (χ4v) is 3.72. The molecule has 2 fully saturated rings. The molecule has 0 saturated carbocycles. The molecule has 0 aromatic heterocycles. The summed E-state index contributed by atoms with van der Waals surface area (Å²) in [5.41, 5.74) is 1.16. The topological polar surface area (TPSA) is 58.6 Å². The van der Waals surface area contributed by atoms with Gasteiger partial charge < -0.3 is 29.3 Å². The quantitative estimate of drug-likeness (QED) is 0.247. The molecule has 0 bridgehead atoms. The van der Waals surface area contributed by atoms with E-state index in [2.05, 4.69) is 32.2 Å². The van der Waals surface area contributed by atoms with Crippen LogP contribution in [0.25, 0.3) is 0 Å². The molecule has 3 rings (SSSR count). The number of guanidine groups is 1. The van der Waals surface area contributed by atoms with Crippen LogP contribution in [0.3, 0.4) is 0 Å². The van der Waals surface area contributed by atoms with Crippen LogP contribution in [0.15, 0.2) is 29.3 Å². The molecule has 0 aliphatic carbocycles. The third kappa shape index (κ3) is 7.18. The number of para-hydroxylation sites is 2. The summed E-state index contributed by atoms with van der Waals surface area (Å²) < 4.78 is 16.6. The predicted molar refractivity (Wildman–Crippen MR) is 128 cm³/mol. The molecule has 2 heterocycles. The van der Waals surface area contributed by atoms with Gasteiger partial charge in [0.05, 0.1) is 26.0 Å². The first-order valence-corrected chi connectivity index (χ1v) is 10.3. The van der Waals surface area contributed by atoms with Crippen molar-refractivity contribution in [3.8, 4) is 5.75 Å². The second kappa shape index (κ2) is 13.1. The lowest BCUT2D eigenvalue weighted by molar-refractivity contribution is 0.0887. The van der Waals surface area contributed by atoms with Crippen LogP contribution in [0, 0.1) is 5.92 Å². The van der Waals surface area contributed by atoms with Crippen molar-refractivity contribution in [3.63, 3.8) is 0 Å². The van der Waals surface area contributed by atoms with Crippen molar-refractivity contribution in [3.05, 3.63) is 24.3 Å². The van der Waals surface area contributed by atoms with E-state index in [-0.39, 0.29) is 24.0 Å². The molecule has 1 N–H and O–H groups in total. The standard InChI is InChI=1S/C21H34N4O3.HI/c1-22-21(23-9-5-14-27-16-18-8-15-28-17-18)25-12-10-24(11-13-25)19-6-3-4-7-20(19)26-2;/h3-4,6-7,18H,5,8-17H2,1-2H3,(H,22,23);1H. The predicted octanol–water partition coefficient (Wildman–Crippen LogP) is 2.45.